The Labute approximate surface area is 149 Å². The van der Waals surface area contributed by atoms with Gasteiger partial charge in [0.2, 0.25) is 5.91 Å². The average molecular weight is 349 g/mol. The van der Waals surface area contributed by atoms with Gasteiger partial charge in [-0.3, -0.25) is 9.59 Å². The third kappa shape index (κ3) is 5.26. The fraction of sp³-hybridized carbons (Fsp3) is 0.579. The van der Waals surface area contributed by atoms with Gasteiger partial charge in [-0.05, 0) is 49.6 Å². The van der Waals surface area contributed by atoms with E-state index in [-0.39, 0.29) is 11.8 Å². The molecule has 0 radical (unpaired) electrons. The predicted octanol–water partition coefficient (Wildman–Crippen LogP) is 4.09. The van der Waals surface area contributed by atoms with Gasteiger partial charge >= 0.3 is 0 Å². The average Bonchev–Trinajstić information content (AvgIpc) is 3.10. The number of hydrogen-bond acceptors (Lipinski definition) is 3. The van der Waals surface area contributed by atoms with Gasteiger partial charge in [-0.2, -0.15) is 11.8 Å². The van der Waals surface area contributed by atoms with Crippen LogP contribution >= 0.6 is 11.8 Å². The van der Waals surface area contributed by atoms with Crippen molar-refractivity contribution in [2.45, 2.75) is 46.0 Å². The molecule has 2 rings (SSSR count). The van der Waals surface area contributed by atoms with Crippen molar-refractivity contribution in [2.24, 2.45) is 0 Å². The lowest BCUT2D eigenvalue weighted by atomic mass is 10.1. The second-order valence-corrected chi connectivity index (χ2v) is 7.47. The quantitative estimate of drug-likeness (QED) is 0.720. The molecule has 0 bridgehead atoms. The van der Waals surface area contributed by atoms with Crippen molar-refractivity contribution in [1.29, 1.82) is 0 Å². The fourth-order valence-corrected chi connectivity index (χ4v) is 3.85. The van der Waals surface area contributed by atoms with Gasteiger partial charge in [0.1, 0.15) is 0 Å². The van der Waals surface area contributed by atoms with Crippen LogP contribution < -0.4 is 5.32 Å². The standard InChI is InChI=1S/C19H28N2O2S/c1-3-4-13-24-14-10-18(22)20-17-9-7-8-16(15(17)2)19(23)21-11-5-6-12-21/h7-9H,3-6,10-14H2,1-2H3,(H,20,22). The molecule has 1 fully saturated rings. The number of anilines is 1. The first-order chi connectivity index (χ1) is 11.6. The maximum absolute atomic E-state index is 12.6. The number of hydrogen-bond donors (Lipinski definition) is 1. The van der Waals surface area contributed by atoms with Crippen molar-refractivity contribution >= 4 is 29.3 Å². The zero-order chi connectivity index (χ0) is 17.4. The molecule has 1 aliphatic rings. The van der Waals surface area contributed by atoms with Crippen molar-refractivity contribution in [3.63, 3.8) is 0 Å². The number of benzene rings is 1. The van der Waals surface area contributed by atoms with E-state index in [0.29, 0.717) is 12.0 Å². The predicted molar refractivity (Wildman–Crippen MR) is 102 cm³/mol. The Kier molecular flexibility index (Phi) is 7.63. The Balaban J connectivity index is 1.92. The lowest BCUT2D eigenvalue weighted by Gasteiger charge is -2.18. The number of carbonyl (C=O) groups excluding carboxylic acids is 2. The summed E-state index contributed by atoms with van der Waals surface area (Å²) in [7, 11) is 0. The number of nitrogens with one attached hydrogen (secondary N) is 1. The molecule has 0 spiro atoms. The van der Waals surface area contributed by atoms with Crippen molar-refractivity contribution in [1.82, 2.24) is 4.90 Å². The number of amides is 2. The molecule has 1 aliphatic heterocycles. The first kappa shape index (κ1) is 18.8. The molecule has 0 aromatic heterocycles. The molecule has 0 unspecified atom stereocenters. The van der Waals surface area contributed by atoms with Crippen molar-refractivity contribution in [2.75, 3.05) is 29.9 Å². The van der Waals surface area contributed by atoms with E-state index in [0.717, 1.165) is 48.7 Å². The molecule has 1 aromatic carbocycles. The summed E-state index contributed by atoms with van der Waals surface area (Å²) in [4.78, 5) is 26.6. The minimum Gasteiger partial charge on any atom is -0.339 e. The van der Waals surface area contributed by atoms with Crippen LogP contribution in [0.4, 0.5) is 5.69 Å². The number of nitrogens with zero attached hydrogens (tertiary/aromatic N) is 1. The molecule has 24 heavy (non-hydrogen) atoms. The molecule has 0 aliphatic carbocycles. The van der Waals surface area contributed by atoms with Crippen molar-refractivity contribution in [3.8, 4) is 0 Å². The summed E-state index contributed by atoms with van der Waals surface area (Å²) in [5.74, 6) is 2.06. The van der Waals surface area contributed by atoms with Gasteiger partial charge in [0.15, 0.2) is 0 Å². The minimum atomic E-state index is 0.0212. The Morgan fingerprint density at radius 2 is 1.96 bits per heavy atom. The van der Waals surface area contributed by atoms with Crippen LogP contribution in [0.1, 0.15) is 54.9 Å². The maximum Gasteiger partial charge on any atom is 0.254 e. The topological polar surface area (TPSA) is 49.4 Å². The second kappa shape index (κ2) is 9.72. The van der Waals surface area contributed by atoms with Crippen molar-refractivity contribution < 1.29 is 9.59 Å². The van der Waals surface area contributed by atoms with E-state index in [4.69, 9.17) is 0 Å². The Morgan fingerprint density at radius 1 is 1.21 bits per heavy atom. The minimum absolute atomic E-state index is 0.0212. The smallest absolute Gasteiger partial charge is 0.254 e. The molecule has 0 atom stereocenters. The largest absolute Gasteiger partial charge is 0.339 e. The van der Waals surface area contributed by atoms with Gasteiger partial charge in [0.05, 0.1) is 0 Å². The highest BCUT2D eigenvalue weighted by atomic mass is 32.2. The van der Waals surface area contributed by atoms with Gasteiger partial charge in [0, 0.05) is 36.5 Å². The van der Waals surface area contributed by atoms with Crippen LogP contribution in [-0.2, 0) is 4.79 Å². The summed E-state index contributed by atoms with van der Waals surface area (Å²) in [5, 5.41) is 2.96. The highest BCUT2D eigenvalue weighted by Gasteiger charge is 2.21. The molecule has 1 N–H and O–H groups in total. The van der Waals surface area contributed by atoms with Gasteiger partial charge in [-0.25, -0.2) is 0 Å². The van der Waals surface area contributed by atoms with E-state index >= 15 is 0 Å². The van der Waals surface area contributed by atoms with Crippen LogP contribution in [0, 0.1) is 6.92 Å². The number of rotatable bonds is 8. The molecular weight excluding hydrogens is 320 g/mol. The van der Waals surface area contributed by atoms with Crippen molar-refractivity contribution in [3.05, 3.63) is 29.3 Å². The normalized spacial score (nSPS) is 14.0. The van der Waals surface area contributed by atoms with Crippen LogP contribution in [0.2, 0.25) is 0 Å². The summed E-state index contributed by atoms with van der Waals surface area (Å²) in [6.45, 7) is 5.76. The summed E-state index contributed by atoms with van der Waals surface area (Å²) < 4.78 is 0. The van der Waals surface area contributed by atoms with Gasteiger partial charge in [-0.1, -0.05) is 19.4 Å². The zero-order valence-electron chi connectivity index (χ0n) is 14.8. The highest BCUT2D eigenvalue weighted by molar-refractivity contribution is 7.99. The number of carbonyl (C=O) groups is 2. The highest BCUT2D eigenvalue weighted by Crippen LogP contribution is 2.22. The van der Waals surface area contributed by atoms with Crippen LogP contribution in [-0.4, -0.2) is 41.3 Å². The second-order valence-electron chi connectivity index (χ2n) is 6.24. The molecule has 4 nitrogen and oxygen atoms in total. The maximum atomic E-state index is 12.6. The fourth-order valence-electron chi connectivity index (χ4n) is 2.82. The molecule has 1 saturated heterocycles. The van der Waals surface area contributed by atoms with Crippen LogP contribution in [0.5, 0.6) is 0 Å². The lowest BCUT2D eigenvalue weighted by molar-refractivity contribution is -0.115. The van der Waals surface area contributed by atoms with Crippen LogP contribution in [0.25, 0.3) is 0 Å². The Morgan fingerprint density at radius 3 is 2.67 bits per heavy atom. The van der Waals surface area contributed by atoms with E-state index in [1.54, 1.807) is 0 Å². The summed E-state index contributed by atoms with van der Waals surface area (Å²) >= 11 is 1.82. The monoisotopic (exact) mass is 348 g/mol. The van der Waals surface area contributed by atoms with Gasteiger partial charge < -0.3 is 10.2 Å². The molecular formula is C19H28N2O2S. The first-order valence-electron chi connectivity index (χ1n) is 8.90. The first-order valence-corrected chi connectivity index (χ1v) is 10.1. The number of likely N-dealkylation sites (tertiary alicyclic amines) is 1. The Bertz CT molecular complexity index is 568. The van der Waals surface area contributed by atoms with Gasteiger partial charge in [-0.15, -0.1) is 0 Å². The number of thioether (sulfide) groups is 1. The number of unbranched alkanes of at least 4 members (excludes halogenated alkanes) is 1. The summed E-state index contributed by atoms with van der Waals surface area (Å²) in [6.07, 6.45) is 5.06. The van der Waals surface area contributed by atoms with Crippen LogP contribution in [0.15, 0.2) is 18.2 Å². The van der Waals surface area contributed by atoms with Crippen LogP contribution in [0.3, 0.4) is 0 Å². The molecule has 1 heterocycles. The molecule has 5 heteroatoms. The van der Waals surface area contributed by atoms with E-state index in [2.05, 4.69) is 12.2 Å². The third-order valence-corrected chi connectivity index (χ3v) is 5.42. The van der Waals surface area contributed by atoms with E-state index < -0.39 is 0 Å². The SMILES string of the molecule is CCCCSCCC(=O)Nc1cccc(C(=O)N2CCCC2)c1C. The summed E-state index contributed by atoms with van der Waals surface area (Å²) in [6, 6.07) is 5.58. The molecule has 1 aromatic rings. The lowest BCUT2D eigenvalue weighted by Crippen LogP contribution is -2.28. The van der Waals surface area contributed by atoms with E-state index in [9.17, 15) is 9.59 Å². The zero-order valence-corrected chi connectivity index (χ0v) is 15.6. The molecule has 0 saturated carbocycles. The van der Waals surface area contributed by atoms with E-state index in [1.165, 1.54) is 12.8 Å². The summed E-state index contributed by atoms with van der Waals surface area (Å²) in [5.41, 5.74) is 2.32. The molecule has 132 valence electrons. The molecule has 2 amide bonds. The van der Waals surface area contributed by atoms with E-state index in [1.807, 2.05) is 41.8 Å². The van der Waals surface area contributed by atoms with Gasteiger partial charge in [0.25, 0.3) is 5.91 Å². The Hall–Kier alpha value is -1.49. The third-order valence-electron chi connectivity index (χ3n) is 4.35.